The van der Waals surface area contributed by atoms with E-state index >= 15 is 0 Å². The number of fused-ring (bicyclic) bond motifs is 1. The number of rotatable bonds is 3. The number of aromatic amines is 1. The number of hydrogen-bond donors (Lipinski definition) is 2. The Hall–Kier alpha value is -2.94. The van der Waals surface area contributed by atoms with Crippen molar-refractivity contribution < 1.29 is 9.59 Å². The van der Waals surface area contributed by atoms with Crippen molar-refractivity contribution in [3.05, 3.63) is 41.3 Å². The van der Waals surface area contributed by atoms with Gasteiger partial charge in [0.25, 0.3) is 5.91 Å². The van der Waals surface area contributed by atoms with Crippen LogP contribution in [0.2, 0.25) is 0 Å². The third kappa shape index (κ3) is 3.67. The molecule has 166 valence electrons. The van der Waals surface area contributed by atoms with Crippen LogP contribution in [0.1, 0.15) is 56.4 Å². The lowest BCUT2D eigenvalue weighted by atomic mass is 10.0. The van der Waals surface area contributed by atoms with Gasteiger partial charge in [-0.05, 0) is 46.4 Å². The maximum absolute atomic E-state index is 13.6. The number of urea groups is 1. The maximum atomic E-state index is 13.6. The highest BCUT2D eigenvalue weighted by Gasteiger charge is 2.46. The number of pyridine rings is 1. The fourth-order valence-electron chi connectivity index (χ4n) is 4.66. The van der Waals surface area contributed by atoms with Crippen LogP contribution < -0.4 is 5.32 Å². The number of nitrogens with one attached hydrogen (secondary N) is 2. The summed E-state index contributed by atoms with van der Waals surface area (Å²) in [4.78, 5) is 36.5. The highest BCUT2D eigenvalue weighted by molar-refractivity contribution is 6.02. The molecule has 31 heavy (non-hydrogen) atoms. The van der Waals surface area contributed by atoms with Gasteiger partial charge in [-0.25, -0.2) is 4.79 Å². The van der Waals surface area contributed by atoms with E-state index in [1.54, 1.807) is 24.4 Å². The van der Waals surface area contributed by atoms with Crippen LogP contribution in [0, 0.1) is 0 Å². The summed E-state index contributed by atoms with van der Waals surface area (Å²) in [5.74, 6) is 0.127. The standard InChI is InChI=1S/C22H31N7O2/c1-6-27-11-15(3)28(12-14(27)2)21(31)29-13-16-18(22(29,4)5)25-26-19(16)24-20(30)17-9-7-8-10-23-17/h7-10,14-15H,6,11-13H2,1-5H3,(H2,24,25,26,30)/t14-,15+/m1/s1. The molecule has 9 heteroatoms. The van der Waals surface area contributed by atoms with Crippen molar-refractivity contribution in [1.82, 2.24) is 29.9 Å². The van der Waals surface area contributed by atoms with Gasteiger partial charge in [0.2, 0.25) is 0 Å². The van der Waals surface area contributed by atoms with E-state index in [0.717, 1.165) is 24.3 Å². The van der Waals surface area contributed by atoms with Gasteiger partial charge in [0.05, 0.1) is 17.8 Å². The molecule has 0 spiro atoms. The SMILES string of the molecule is CCN1C[C@H](C)N(C(=O)N2Cc3c(NC(=O)c4ccccn4)n[nH]c3C2(C)C)C[C@H]1C. The van der Waals surface area contributed by atoms with E-state index in [4.69, 9.17) is 0 Å². The molecule has 2 atom stereocenters. The molecule has 9 nitrogen and oxygen atoms in total. The molecule has 2 aromatic heterocycles. The van der Waals surface area contributed by atoms with E-state index in [1.165, 1.54) is 0 Å². The summed E-state index contributed by atoms with van der Waals surface area (Å²) in [6, 6.07) is 5.66. The van der Waals surface area contributed by atoms with Gasteiger partial charge in [-0.3, -0.25) is 19.8 Å². The summed E-state index contributed by atoms with van der Waals surface area (Å²) < 4.78 is 0. The van der Waals surface area contributed by atoms with Gasteiger partial charge in [-0.2, -0.15) is 5.10 Å². The zero-order valence-corrected chi connectivity index (χ0v) is 18.8. The van der Waals surface area contributed by atoms with E-state index in [9.17, 15) is 9.59 Å². The number of aromatic nitrogens is 3. The normalized spacial score (nSPS) is 23.0. The molecule has 0 aromatic carbocycles. The molecular formula is C22H31N7O2. The molecule has 3 amide bonds. The van der Waals surface area contributed by atoms with E-state index in [2.05, 4.69) is 46.2 Å². The Kier molecular flexibility index (Phi) is 5.47. The molecule has 2 aromatic rings. The maximum Gasteiger partial charge on any atom is 0.321 e. The second-order valence-corrected chi connectivity index (χ2v) is 8.96. The molecular weight excluding hydrogens is 394 g/mol. The van der Waals surface area contributed by atoms with Gasteiger partial charge in [0.1, 0.15) is 5.69 Å². The molecule has 1 fully saturated rings. The third-order valence-electron chi connectivity index (χ3n) is 6.60. The van der Waals surface area contributed by atoms with Gasteiger partial charge in [0, 0.05) is 36.9 Å². The minimum absolute atomic E-state index is 0.0201. The quantitative estimate of drug-likeness (QED) is 0.788. The predicted molar refractivity (Wildman–Crippen MR) is 118 cm³/mol. The van der Waals surface area contributed by atoms with Crippen LogP contribution >= 0.6 is 0 Å². The summed E-state index contributed by atoms with van der Waals surface area (Å²) >= 11 is 0. The Morgan fingerprint density at radius 1 is 1.23 bits per heavy atom. The van der Waals surface area contributed by atoms with Crippen LogP contribution in [0.4, 0.5) is 10.6 Å². The van der Waals surface area contributed by atoms with Gasteiger partial charge in [-0.15, -0.1) is 0 Å². The lowest BCUT2D eigenvalue weighted by Crippen LogP contribution is -2.61. The molecule has 4 heterocycles. The molecule has 2 aliphatic heterocycles. The number of hydrogen-bond acceptors (Lipinski definition) is 5. The Bertz CT molecular complexity index is 971. The van der Waals surface area contributed by atoms with Gasteiger partial charge in [-0.1, -0.05) is 13.0 Å². The number of piperazine rings is 1. The van der Waals surface area contributed by atoms with E-state index < -0.39 is 5.54 Å². The number of likely N-dealkylation sites (N-methyl/N-ethyl adjacent to an activating group) is 1. The molecule has 0 aliphatic carbocycles. The Morgan fingerprint density at radius 3 is 2.68 bits per heavy atom. The van der Waals surface area contributed by atoms with Crippen molar-refractivity contribution in [2.75, 3.05) is 25.0 Å². The molecule has 1 saturated heterocycles. The van der Waals surface area contributed by atoms with Crippen molar-refractivity contribution in [2.45, 2.75) is 58.8 Å². The van der Waals surface area contributed by atoms with E-state index in [-0.39, 0.29) is 18.0 Å². The zero-order valence-electron chi connectivity index (χ0n) is 18.8. The highest BCUT2D eigenvalue weighted by atomic mass is 16.2. The van der Waals surface area contributed by atoms with E-state index in [1.807, 2.05) is 23.6 Å². The number of carbonyl (C=O) groups is 2. The monoisotopic (exact) mass is 425 g/mol. The van der Waals surface area contributed by atoms with Gasteiger partial charge in [0.15, 0.2) is 5.82 Å². The number of H-pyrrole nitrogens is 1. The molecule has 0 unspecified atom stereocenters. The van der Waals surface area contributed by atoms with Crippen LogP contribution in [0.25, 0.3) is 0 Å². The molecule has 0 radical (unpaired) electrons. The predicted octanol–water partition coefficient (Wildman–Crippen LogP) is 2.64. The summed E-state index contributed by atoms with van der Waals surface area (Å²) in [7, 11) is 0. The summed E-state index contributed by atoms with van der Waals surface area (Å²) in [6.45, 7) is 13.4. The first-order valence-electron chi connectivity index (χ1n) is 10.9. The first kappa shape index (κ1) is 21.3. The zero-order chi connectivity index (χ0) is 22.3. The molecule has 2 N–H and O–H groups in total. The topological polar surface area (TPSA) is 97.5 Å². The fraction of sp³-hybridized carbons (Fsp3) is 0.545. The summed E-state index contributed by atoms with van der Waals surface area (Å²) in [5, 5.41) is 10.2. The van der Waals surface area contributed by atoms with E-state index in [0.29, 0.717) is 30.6 Å². The first-order chi connectivity index (χ1) is 14.7. The van der Waals surface area contributed by atoms with Gasteiger partial charge < -0.3 is 15.1 Å². The minimum atomic E-state index is -0.557. The van der Waals surface area contributed by atoms with Crippen LogP contribution in [-0.4, -0.2) is 73.5 Å². The summed E-state index contributed by atoms with van der Waals surface area (Å²) in [6.07, 6.45) is 1.58. The van der Waals surface area contributed by atoms with Crippen molar-refractivity contribution in [3.63, 3.8) is 0 Å². The minimum Gasteiger partial charge on any atom is -0.319 e. The molecule has 0 saturated carbocycles. The number of nitrogens with zero attached hydrogens (tertiary/aromatic N) is 5. The molecule has 4 rings (SSSR count). The van der Waals surface area contributed by atoms with Crippen LogP contribution in [-0.2, 0) is 12.1 Å². The van der Waals surface area contributed by atoms with Crippen molar-refractivity contribution in [2.24, 2.45) is 0 Å². The molecule has 0 bridgehead atoms. The average molecular weight is 426 g/mol. The number of amides is 3. The van der Waals surface area contributed by atoms with Crippen LogP contribution in [0.15, 0.2) is 24.4 Å². The summed E-state index contributed by atoms with van der Waals surface area (Å²) in [5.41, 5.74) is 1.46. The number of carbonyl (C=O) groups excluding carboxylic acids is 2. The second-order valence-electron chi connectivity index (χ2n) is 8.96. The van der Waals surface area contributed by atoms with Crippen LogP contribution in [0.5, 0.6) is 0 Å². The number of anilines is 1. The van der Waals surface area contributed by atoms with Crippen molar-refractivity contribution in [1.29, 1.82) is 0 Å². The average Bonchev–Trinajstić information content (AvgIpc) is 3.27. The Labute approximate surface area is 182 Å². The Morgan fingerprint density at radius 2 is 2.00 bits per heavy atom. The fourth-order valence-corrected chi connectivity index (χ4v) is 4.66. The van der Waals surface area contributed by atoms with Crippen molar-refractivity contribution >= 4 is 17.8 Å². The largest absolute Gasteiger partial charge is 0.321 e. The second kappa shape index (κ2) is 7.96. The highest BCUT2D eigenvalue weighted by Crippen LogP contribution is 2.41. The Balaban J connectivity index is 1.53. The lowest BCUT2D eigenvalue weighted by molar-refractivity contribution is 0.0373. The lowest BCUT2D eigenvalue weighted by Gasteiger charge is -2.46. The third-order valence-corrected chi connectivity index (χ3v) is 6.60. The van der Waals surface area contributed by atoms with Gasteiger partial charge >= 0.3 is 6.03 Å². The molecule has 2 aliphatic rings. The van der Waals surface area contributed by atoms with Crippen molar-refractivity contribution in [3.8, 4) is 0 Å². The van der Waals surface area contributed by atoms with Crippen LogP contribution in [0.3, 0.4) is 0 Å². The first-order valence-corrected chi connectivity index (χ1v) is 10.9. The smallest absolute Gasteiger partial charge is 0.319 e.